The zero-order valence-corrected chi connectivity index (χ0v) is 15.7. The summed E-state index contributed by atoms with van der Waals surface area (Å²) >= 11 is 6.04. The van der Waals surface area contributed by atoms with Crippen molar-refractivity contribution in [1.29, 1.82) is 5.26 Å². The molecule has 3 saturated heterocycles. The first-order valence-corrected chi connectivity index (χ1v) is 9.64. The molecule has 0 aromatic heterocycles. The van der Waals surface area contributed by atoms with Gasteiger partial charge in [-0.1, -0.05) is 23.7 Å². The maximum atomic E-state index is 13.4. The van der Waals surface area contributed by atoms with Gasteiger partial charge in [-0.05, 0) is 48.4 Å². The third-order valence-corrected chi connectivity index (χ3v) is 6.12. The molecule has 0 unspecified atom stereocenters. The van der Waals surface area contributed by atoms with Crippen molar-refractivity contribution in [2.45, 2.75) is 18.5 Å². The number of imide groups is 1. The molecule has 7 heteroatoms. The molecule has 3 atom stereocenters. The number of carbonyl (C=O) groups excluding carboxylic acids is 2. The molecule has 6 nitrogen and oxygen atoms in total. The van der Waals surface area contributed by atoms with Gasteiger partial charge in [0.2, 0.25) is 5.91 Å². The van der Waals surface area contributed by atoms with Crippen molar-refractivity contribution < 1.29 is 9.59 Å². The van der Waals surface area contributed by atoms with E-state index < -0.39 is 12.0 Å². The zero-order chi connectivity index (χ0) is 19.4. The SMILES string of the molecule is N#Cc1ccc(N2C(=O)[C@H]3[C@@H](C2=O)N2CCCN2[C@@H]3c2ccc(Cl)cc2)cc1. The zero-order valence-electron chi connectivity index (χ0n) is 15.0. The van der Waals surface area contributed by atoms with Gasteiger partial charge >= 0.3 is 0 Å². The number of halogens is 1. The topological polar surface area (TPSA) is 67.6 Å². The predicted octanol–water partition coefficient (Wildman–Crippen LogP) is 2.75. The van der Waals surface area contributed by atoms with Crippen LogP contribution in [0.2, 0.25) is 5.02 Å². The van der Waals surface area contributed by atoms with E-state index in [0.29, 0.717) is 16.3 Å². The van der Waals surface area contributed by atoms with E-state index in [0.717, 1.165) is 25.1 Å². The van der Waals surface area contributed by atoms with Crippen molar-refractivity contribution in [2.24, 2.45) is 5.92 Å². The number of fused-ring (bicyclic) bond motifs is 3. The number of carbonyl (C=O) groups is 2. The minimum absolute atomic E-state index is 0.176. The quantitative estimate of drug-likeness (QED) is 0.735. The Balaban J connectivity index is 1.56. The fourth-order valence-electron chi connectivity index (χ4n) is 4.71. The van der Waals surface area contributed by atoms with Crippen LogP contribution in [0.25, 0.3) is 0 Å². The van der Waals surface area contributed by atoms with E-state index in [4.69, 9.17) is 16.9 Å². The number of nitrogens with zero attached hydrogens (tertiary/aromatic N) is 4. The first-order chi connectivity index (χ1) is 13.6. The highest BCUT2D eigenvalue weighted by molar-refractivity contribution is 6.30. The second-order valence-electron chi connectivity index (χ2n) is 7.32. The number of rotatable bonds is 2. The maximum absolute atomic E-state index is 13.4. The average Bonchev–Trinajstić information content (AvgIpc) is 3.35. The molecule has 0 N–H and O–H groups in total. The molecule has 140 valence electrons. The maximum Gasteiger partial charge on any atom is 0.253 e. The molecule has 3 aliphatic rings. The van der Waals surface area contributed by atoms with E-state index in [1.165, 1.54) is 4.90 Å². The lowest BCUT2D eigenvalue weighted by Crippen LogP contribution is -2.44. The van der Waals surface area contributed by atoms with Crippen molar-refractivity contribution in [2.75, 3.05) is 18.0 Å². The van der Waals surface area contributed by atoms with Crippen LogP contribution in [0.15, 0.2) is 48.5 Å². The normalized spacial score (nSPS) is 27.1. The van der Waals surface area contributed by atoms with Crippen molar-refractivity contribution in [3.63, 3.8) is 0 Å². The summed E-state index contributed by atoms with van der Waals surface area (Å²) in [7, 11) is 0. The Kier molecular flexibility index (Phi) is 3.98. The van der Waals surface area contributed by atoms with Crippen molar-refractivity contribution in [3.8, 4) is 6.07 Å². The second-order valence-corrected chi connectivity index (χ2v) is 7.75. The van der Waals surface area contributed by atoms with Crippen LogP contribution in [0.3, 0.4) is 0 Å². The van der Waals surface area contributed by atoms with E-state index in [2.05, 4.69) is 16.1 Å². The Labute approximate surface area is 167 Å². The van der Waals surface area contributed by atoms with Gasteiger partial charge in [-0.3, -0.25) is 9.59 Å². The molecule has 0 aliphatic carbocycles. The van der Waals surface area contributed by atoms with E-state index in [-0.39, 0.29) is 17.9 Å². The minimum atomic E-state index is -0.480. The van der Waals surface area contributed by atoms with Crippen LogP contribution in [-0.2, 0) is 9.59 Å². The molecular weight excluding hydrogens is 376 g/mol. The predicted molar refractivity (Wildman–Crippen MR) is 103 cm³/mol. The minimum Gasteiger partial charge on any atom is -0.274 e. The third kappa shape index (κ3) is 2.41. The Morgan fingerprint density at radius 2 is 1.54 bits per heavy atom. The molecule has 3 fully saturated rings. The summed E-state index contributed by atoms with van der Waals surface area (Å²) in [6.07, 6.45) is 0.964. The van der Waals surface area contributed by atoms with E-state index in [1.54, 1.807) is 24.3 Å². The lowest BCUT2D eigenvalue weighted by Gasteiger charge is -2.29. The smallest absolute Gasteiger partial charge is 0.253 e. The van der Waals surface area contributed by atoms with Crippen molar-refractivity contribution in [1.82, 2.24) is 10.0 Å². The highest BCUT2D eigenvalue weighted by Gasteiger charge is 2.62. The average molecular weight is 393 g/mol. The van der Waals surface area contributed by atoms with Crippen LogP contribution in [0.1, 0.15) is 23.6 Å². The van der Waals surface area contributed by atoms with Gasteiger partial charge in [-0.2, -0.15) is 5.26 Å². The van der Waals surface area contributed by atoms with Crippen LogP contribution in [0.5, 0.6) is 0 Å². The van der Waals surface area contributed by atoms with Crippen LogP contribution in [0, 0.1) is 17.2 Å². The summed E-state index contributed by atoms with van der Waals surface area (Å²) in [5.74, 6) is -0.832. The van der Waals surface area contributed by atoms with Crippen LogP contribution in [0.4, 0.5) is 5.69 Å². The van der Waals surface area contributed by atoms with Gasteiger partial charge in [0.25, 0.3) is 5.91 Å². The molecule has 0 spiro atoms. The Bertz CT molecular complexity index is 999. The standard InChI is InChI=1S/C21H17ClN4O2/c22-15-6-4-14(5-7-15)18-17-19(25-11-1-10-24(18)25)21(28)26(20(17)27)16-8-2-13(12-23)3-9-16/h2-9,17-19H,1,10-11H2/t17-,18-,19+/m1/s1. The second kappa shape index (κ2) is 6.42. The van der Waals surface area contributed by atoms with Crippen molar-refractivity contribution >= 4 is 29.1 Å². The molecule has 2 aromatic rings. The molecule has 5 rings (SSSR count). The number of amides is 2. The first-order valence-electron chi connectivity index (χ1n) is 9.27. The summed E-state index contributed by atoms with van der Waals surface area (Å²) < 4.78 is 0. The molecule has 2 amide bonds. The lowest BCUT2D eigenvalue weighted by molar-refractivity contribution is -0.126. The van der Waals surface area contributed by atoms with Crippen LogP contribution >= 0.6 is 11.6 Å². The number of hydrogen-bond donors (Lipinski definition) is 0. The van der Waals surface area contributed by atoms with Gasteiger partial charge in [-0.15, -0.1) is 0 Å². The Hall–Kier alpha value is -2.72. The van der Waals surface area contributed by atoms with Gasteiger partial charge < -0.3 is 0 Å². The summed E-state index contributed by atoms with van der Waals surface area (Å²) in [5.41, 5.74) is 2.00. The monoisotopic (exact) mass is 392 g/mol. The summed E-state index contributed by atoms with van der Waals surface area (Å²) in [6, 6.07) is 15.5. The molecule has 2 aromatic carbocycles. The summed E-state index contributed by atoms with van der Waals surface area (Å²) in [4.78, 5) is 28.0. The molecule has 3 heterocycles. The fraction of sp³-hybridized carbons (Fsp3) is 0.286. The number of benzene rings is 2. The fourth-order valence-corrected chi connectivity index (χ4v) is 4.84. The number of hydrazine groups is 1. The van der Waals surface area contributed by atoms with Crippen LogP contribution in [-0.4, -0.2) is 41.0 Å². The molecule has 0 radical (unpaired) electrons. The van der Waals surface area contributed by atoms with Crippen LogP contribution < -0.4 is 4.90 Å². The largest absolute Gasteiger partial charge is 0.274 e. The first kappa shape index (κ1) is 17.4. The number of nitriles is 1. The molecular formula is C21H17ClN4O2. The summed E-state index contributed by atoms with van der Waals surface area (Å²) in [6.45, 7) is 1.60. The van der Waals surface area contributed by atoms with Crippen molar-refractivity contribution in [3.05, 3.63) is 64.7 Å². The lowest BCUT2D eigenvalue weighted by atomic mass is 9.90. The number of hydrogen-bond acceptors (Lipinski definition) is 5. The van der Waals surface area contributed by atoms with Gasteiger partial charge in [0.05, 0.1) is 29.3 Å². The summed E-state index contributed by atoms with van der Waals surface area (Å²) in [5, 5.41) is 13.9. The van der Waals surface area contributed by atoms with Gasteiger partial charge in [-0.25, -0.2) is 14.9 Å². The van der Waals surface area contributed by atoms with E-state index in [1.807, 2.05) is 24.3 Å². The Morgan fingerprint density at radius 3 is 2.18 bits per heavy atom. The molecule has 0 saturated carbocycles. The Morgan fingerprint density at radius 1 is 0.893 bits per heavy atom. The van der Waals surface area contributed by atoms with Gasteiger partial charge in [0.1, 0.15) is 6.04 Å². The molecule has 0 bridgehead atoms. The molecule has 28 heavy (non-hydrogen) atoms. The highest BCUT2D eigenvalue weighted by Crippen LogP contribution is 2.48. The van der Waals surface area contributed by atoms with Gasteiger partial charge in [0.15, 0.2) is 0 Å². The van der Waals surface area contributed by atoms with Gasteiger partial charge in [0, 0.05) is 18.1 Å². The molecule has 3 aliphatic heterocycles. The van der Waals surface area contributed by atoms with E-state index >= 15 is 0 Å². The van der Waals surface area contributed by atoms with E-state index in [9.17, 15) is 9.59 Å². The highest BCUT2D eigenvalue weighted by atomic mass is 35.5. The number of anilines is 1. The third-order valence-electron chi connectivity index (χ3n) is 5.87.